The highest BCUT2D eigenvalue weighted by atomic mass is 16.5. The van der Waals surface area contributed by atoms with Crippen molar-refractivity contribution in [1.29, 1.82) is 0 Å². The molecule has 0 saturated carbocycles. The van der Waals surface area contributed by atoms with Gasteiger partial charge in [0.15, 0.2) is 11.5 Å². The predicted octanol–water partition coefficient (Wildman–Crippen LogP) is 2.15. The quantitative estimate of drug-likeness (QED) is 0.619. The third-order valence-corrected chi connectivity index (χ3v) is 5.41. The third-order valence-electron chi connectivity index (χ3n) is 5.41. The number of hydrazone groups is 1. The van der Waals surface area contributed by atoms with Crippen molar-refractivity contribution in [2.75, 3.05) is 27.8 Å². The maximum Gasteiger partial charge on any atom is 0.337 e. The van der Waals surface area contributed by atoms with Crippen LogP contribution in [0.3, 0.4) is 0 Å². The molecule has 0 radical (unpaired) electrons. The molecule has 2 aromatic carbocycles. The number of benzene rings is 2. The Kier molecular flexibility index (Phi) is 7.55. The standard InChI is InChI=1S/C24H30N4O5/c1-14-10-18-11-20(32-4)21(33-5)12-19(18)22(27-28(14)24(31)25-3)16-6-8-17(9-7-16)23(30)26-13-15(2)29/h6-9,11-12,14-15,29H,10,13H2,1-5H3,(H,25,31)(H,26,30)/t14-,15+/m1/s1. The van der Waals surface area contributed by atoms with Crippen molar-refractivity contribution in [2.24, 2.45) is 5.10 Å². The highest BCUT2D eigenvalue weighted by Crippen LogP contribution is 2.34. The molecule has 1 aliphatic heterocycles. The molecule has 1 aliphatic rings. The minimum Gasteiger partial charge on any atom is -0.493 e. The van der Waals surface area contributed by atoms with Gasteiger partial charge in [-0.1, -0.05) is 12.1 Å². The molecule has 3 amide bonds. The van der Waals surface area contributed by atoms with Crippen LogP contribution in [0.25, 0.3) is 0 Å². The SMILES string of the molecule is CNC(=O)N1N=C(c2ccc(C(=O)NC[C@H](C)O)cc2)c2cc(OC)c(OC)cc2C[C@H]1C. The van der Waals surface area contributed by atoms with E-state index in [-0.39, 0.29) is 24.5 Å². The Balaban J connectivity index is 2.08. The molecule has 0 unspecified atom stereocenters. The van der Waals surface area contributed by atoms with Gasteiger partial charge in [-0.3, -0.25) is 4.79 Å². The van der Waals surface area contributed by atoms with Crippen LogP contribution in [0, 0.1) is 0 Å². The van der Waals surface area contributed by atoms with Gasteiger partial charge in [-0.05, 0) is 50.1 Å². The van der Waals surface area contributed by atoms with Crippen LogP contribution in [0.5, 0.6) is 11.5 Å². The summed E-state index contributed by atoms with van der Waals surface area (Å²) in [5.41, 5.74) is 3.55. The lowest BCUT2D eigenvalue weighted by Crippen LogP contribution is -2.41. The topological polar surface area (TPSA) is 112 Å². The van der Waals surface area contributed by atoms with Gasteiger partial charge in [0.2, 0.25) is 0 Å². The lowest BCUT2D eigenvalue weighted by atomic mass is 9.93. The molecule has 33 heavy (non-hydrogen) atoms. The van der Waals surface area contributed by atoms with Crippen LogP contribution in [0.4, 0.5) is 4.79 Å². The van der Waals surface area contributed by atoms with E-state index in [2.05, 4.69) is 10.6 Å². The number of methoxy groups -OCH3 is 2. The van der Waals surface area contributed by atoms with Crippen LogP contribution in [0.1, 0.15) is 40.9 Å². The van der Waals surface area contributed by atoms with Gasteiger partial charge < -0.3 is 25.2 Å². The molecular weight excluding hydrogens is 424 g/mol. The fourth-order valence-corrected chi connectivity index (χ4v) is 3.67. The molecule has 9 heteroatoms. The van der Waals surface area contributed by atoms with Crippen molar-refractivity contribution < 1.29 is 24.2 Å². The lowest BCUT2D eigenvalue weighted by molar-refractivity contribution is 0.0924. The molecule has 0 saturated heterocycles. The number of aliphatic hydroxyl groups is 1. The first-order valence-electron chi connectivity index (χ1n) is 10.7. The van der Waals surface area contributed by atoms with E-state index >= 15 is 0 Å². The van der Waals surface area contributed by atoms with Gasteiger partial charge in [-0.2, -0.15) is 5.10 Å². The van der Waals surface area contributed by atoms with Crippen molar-refractivity contribution in [2.45, 2.75) is 32.4 Å². The van der Waals surface area contributed by atoms with Gasteiger partial charge in [-0.15, -0.1) is 0 Å². The first kappa shape index (κ1) is 24.1. The van der Waals surface area contributed by atoms with Gasteiger partial charge in [-0.25, -0.2) is 9.80 Å². The van der Waals surface area contributed by atoms with Crippen LogP contribution in [0.15, 0.2) is 41.5 Å². The number of aliphatic hydroxyl groups excluding tert-OH is 1. The first-order chi connectivity index (χ1) is 15.8. The summed E-state index contributed by atoms with van der Waals surface area (Å²) < 4.78 is 11.0. The Hall–Kier alpha value is -3.59. The van der Waals surface area contributed by atoms with E-state index in [4.69, 9.17) is 14.6 Å². The van der Waals surface area contributed by atoms with E-state index < -0.39 is 6.10 Å². The molecule has 0 fully saturated rings. The second kappa shape index (κ2) is 10.4. The summed E-state index contributed by atoms with van der Waals surface area (Å²) in [6, 6.07) is 10.2. The molecule has 176 valence electrons. The number of carbonyl (C=O) groups is 2. The average Bonchev–Trinajstić information content (AvgIpc) is 2.96. The number of nitrogens with one attached hydrogen (secondary N) is 2. The zero-order valence-corrected chi connectivity index (χ0v) is 19.5. The zero-order chi connectivity index (χ0) is 24.1. The smallest absolute Gasteiger partial charge is 0.337 e. The van der Waals surface area contributed by atoms with Gasteiger partial charge in [0, 0.05) is 30.3 Å². The van der Waals surface area contributed by atoms with Crippen molar-refractivity contribution in [3.8, 4) is 11.5 Å². The van der Waals surface area contributed by atoms with Gasteiger partial charge in [0.1, 0.15) is 0 Å². The summed E-state index contributed by atoms with van der Waals surface area (Å²) in [6.45, 7) is 3.70. The lowest BCUT2D eigenvalue weighted by Gasteiger charge is -2.22. The summed E-state index contributed by atoms with van der Waals surface area (Å²) in [7, 11) is 4.71. The molecule has 2 aromatic rings. The second-order valence-electron chi connectivity index (χ2n) is 7.90. The zero-order valence-electron chi connectivity index (χ0n) is 19.5. The maximum atomic E-state index is 12.6. The van der Waals surface area contributed by atoms with E-state index in [0.717, 1.165) is 16.7 Å². The molecule has 0 aliphatic carbocycles. The van der Waals surface area contributed by atoms with Gasteiger partial charge in [0.05, 0.1) is 32.1 Å². The molecule has 0 bridgehead atoms. The van der Waals surface area contributed by atoms with Crippen LogP contribution >= 0.6 is 0 Å². The number of rotatable bonds is 6. The van der Waals surface area contributed by atoms with E-state index in [0.29, 0.717) is 29.2 Å². The van der Waals surface area contributed by atoms with Crippen molar-refractivity contribution >= 4 is 17.6 Å². The number of fused-ring (bicyclic) bond motifs is 1. The molecule has 0 spiro atoms. The van der Waals surface area contributed by atoms with E-state index in [9.17, 15) is 14.7 Å². The van der Waals surface area contributed by atoms with Crippen LogP contribution < -0.4 is 20.1 Å². The monoisotopic (exact) mass is 454 g/mol. The predicted molar refractivity (Wildman–Crippen MR) is 125 cm³/mol. The fraction of sp³-hybridized carbons (Fsp3) is 0.375. The number of ether oxygens (including phenoxy) is 2. The summed E-state index contributed by atoms with van der Waals surface area (Å²) in [5.74, 6) is 0.873. The Morgan fingerprint density at radius 3 is 2.39 bits per heavy atom. The number of carbonyl (C=O) groups excluding carboxylic acids is 2. The molecule has 3 N–H and O–H groups in total. The Morgan fingerprint density at radius 1 is 1.18 bits per heavy atom. The van der Waals surface area contributed by atoms with E-state index in [1.807, 2.05) is 19.1 Å². The molecular formula is C24H30N4O5. The summed E-state index contributed by atoms with van der Waals surface area (Å²) in [4.78, 5) is 24.9. The molecule has 9 nitrogen and oxygen atoms in total. The number of nitrogens with zero attached hydrogens (tertiary/aromatic N) is 2. The average molecular weight is 455 g/mol. The van der Waals surface area contributed by atoms with E-state index in [1.165, 1.54) is 5.01 Å². The summed E-state index contributed by atoms with van der Waals surface area (Å²) in [6.07, 6.45) is -0.0645. The highest BCUT2D eigenvalue weighted by molar-refractivity contribution is 6.15. The minimum absolute atomic E-state index is 0.168. The maximum absolute atomic E-state index is 12.6. The second-order valence-corrected chi connectivity index (χ2v) is 7.90. The molecule has 2 atom stereocenters. The first-order valence-corrected chi connectivity index (χ1v) is 10.7. The minimum atomic E-state index is -0.630. The summed E-state index contributed by atoms with van der Waals surface area (Å²) >= 11 is 0. The van der Waals surface area contributed by atoms with Crippen molar-refractivity contribution in [1.82, 2.24) is 15.6 Å². The fourth-order valence-electron chi connectivity index (χ4n) is 3.67. The summed E-state index contributed by atoms with van der Waals surface area (Å²) in [5, 5.41) is 20.8. The van der Waals surface area contributed by atoms with Crippen molar-refractivity contribution in [3.63, 3.8) is 0 Å². The normalized spacial score (nSPS) is 16.1. The Morgan fingerprint density at radius 2 is 1.82 bits per heavy atom. The Bertz CT molecular complexity index is 1050. The van der Waals surface area contributed by atoms with Gasteiger partial charge >= 0.3 is 6.03 Å². The number of urea groups is 1. The molecule has 0 aromatic heterocycles. The molecule has 1 heterocycles. The van der Waals surface area contributed by atoms with Crippen molar-refractivity contribution in [3.05, 3.63) is 58.7 Å². The van der Waals surface area contributed by atoms with Crippen LogP contribution in [-0.4, -0.2) is 67.7 Å². The third kappa shape index (κ3) is 5.25. The number of amides is 3. The van der Waals surface area contributed by atoms with Crippen LogP contribution in [0.2, 0.25) is 0 Å². The van der Waals surface area contributed by atoms with Crippen LogP contribution in [-0.2, 0) is 6.42 Å². The Labute approximate surface area is 193 Å². The largest absolute Gasteiger partial charge is 0.493 e. The number of hydrogen-bond donors (Lipinski definition) is 3. The van der Waals surface area contributed by atoms with Gasteiger partial charge in [0.25, 0.3) is 5.91 Å². The highest BCUT2D eigenvalue weighted by Gasteiger charge is 2.28. The van der Waals surface area contributed by atoms with E-state index in [1.54, 1.807) is 52.5 Å². The molecule has 3 rings (SSSR count). The number of hydrogen-bond acceptors (Lipinski definition) is 6.